The van der Waals surface area contributed by atoms with Gasteiger partial charge in [0.1, 0.15) is 5.82 Å². The van der Waals surface area contributed by atoms with Crippen molar-refractivity contribution in [3.05, 3.63) is 84.7 Å². The summed E-state index contributed by atoms with van der Waals surface area (Å²) in [6.07, 6.45) is 1.19. The highest BCUT2D eigenvalue weighted by Crippen LogP contribution is 2.34. The molecule has 4 rings (SSSR count). The van der Waals surface area contributed by atoms with Crippen molar-refractivity contribution in [2.75, 3.05) is 18.4 Å². The summed E-state index contributed by atoms with van der Waals surface area (Å²) >= 11 is 1.55. The first kappa shape index (κ1) is 22.5. The van der Waals surface area contributed by atoms with Crippen LogP contribution in [-0.4, -0.2) is 31.7 Å². The Bertz CT molecular complexity index is 1190. The van der Waals surface area contributed by atoms with Crippen molar-refractivity contribution in [3.8, 4) is 0 Å². The van der Waals surface area contributed by atoms with E-state index in [1.807, 2.05) is 54.6 Å². The third-order valence-electron chi connectivity index (χ3n) is 5.32. The molecule has 1 heterocycles. The molecule has 0 bridgehead atoms. The SMILES string of the molecule is O=C(Nc1ccccc1Sc1ccccc1)[C@H]1CCCN(S(=O)(=O)c2ccc(F)cc2)C1. The van der Waals surface area contributed by atoms with Crippen molar-refractivity contribution >= 4 is 33.4 Å². The zero-order valence-electron chi connectivity index (χ0n) is 17.3. The molecule has 1 saturated heterocycles. The number of anilines is 1. The van der Waals surface area contributed by atoms with E-state index in [0.717, 1.165) is 21.9 Å². The van der Waals surface area contributed by atoms with Crippen molar-refractivity contribution in [2.24, 2.45) is 5.92 Å². The molecule has 0 spiro atoms. The summed E-state index contributed by atoms with van der Waals surface area (Å²) in [5, 5.41) is 2.99. The molecular weight excluding hydrogens is 447 g/mol. The smallest absolute Gasteiger partial charge is 0.243 e. The van der Waals surface area contributed by atoms with Crippen LogP contribution < -0.4 is 5.32 Å². The lowest BCUT2D eigenvalue weighted by Crippen LogP contribution is -2.43. The lowest BCUT2D eigenvalue weighted by atomic mass is 9.99. The first-order chi connectivity index (χ1) is 15.4. The van der Waals surface area contributed by atoms with E-state index in [9.17, 15) is 17.6 Å². The number of carbonyl (C=O) groups is 1. The summed E-state index contributed by atoms with van der Waals surface area (Å²) in [6.45, 7) is 0.434. The number of hydrogen-bond acceptors (Lipinski definition) is 4. The molecule has 3 aromatic carbocycles. The highest BCUT2D eigenvalue weighted by atomic mass is 32.2. The summed E-state index contributed by atoms with van der Waals surface area (Å²) in [7, 11) is -3.78. The second-order valence-corrected chi connectivity index (χ2v) is 10.6. The van der Waals surface area contributed by atoms with Gasteiger partial charge in [0.15, 0.2) is 0 Å². The number of hydrogen-bond donors (Lipinski definition) is 1. The van der Waals surface area contributed by atoms with E-state index in [4.69, 9.17) is 0 Å². The number of sulfonamides is 1. The Labute approximate surface area is 191 Å². The van der Waals surface area contributed by atoms with Crippen molar-refractivity contribution in [1.29, 1.82) is 0 Å². The number of benzene rings is 3. The summed E-state index contributed by atoms with van der Waals surface area (Å²) in [5.74, 6) is -1.16. The fourth-order valence-electron chi connectivity index (χ4n) is 3.64. The minimum atomic E-state index is -3.78. The van der Waals surface area contributed by atoms with Crippen LogP contribution in [0.5, 0.6) is 0 Å². The standard InChI is InChI=1S/C24H23FN2O3S2/c25-19-12-14-21(15-13-19)32(29,30)27-16-6-7-18(17-27)24(28)26-22-10-4-5-11-23(22)31-20-8-2-1-3-9-20/h1-5,8-15,18H,6-7,16-17H2,(H,26,28)/t18-/m0/s1. The maximum Gasteiger partial charge on any atom is 0.243 e. The van der Waals surface area contributed by atoms with E-state index >= 15 is 0 Å². The van der Waals surface area contributed by atoms with E-state index in [0.29, 0.717) is 25.1 Å². The largest absolute Gasteiger partial charge is 0.325 e. The predicted octanol–water partition coefficient (Wildman–Crippen LogP) is 5.02. The van der Waals surface area contributed by atoms with Crippen LogP contribution in [0, 0.1) is 11.7 Å². The Morgan fingerprint density at radius 3 is 2.41 bits per heavy atom. The topological polar surface area (TPSA) is 66.5 Å². The summed E-state index contributed by atoms with van der Waals surface area (Å²) in [6, 6.07) is 22.2. The molecule has 1 N–H and O–H groups in total. The average molecular weight is 471 g/mol. The number of nitrogens with zero attached hydrogens (tertiary/aromatic N) is 1. The van der Waals surface area contributed by atoms with Gasteiger partial charge in [0, 0.05) is 22.9 Å². The fraction of sp³-hybridized carbons (Fsp3) is 0.208. The molecule has 3 aromatic rings. The van der Waals surface area contributed by atoms with Gasteiger partial charge in [-0.15, -0.1) is 0 Å². The number of rotatable bonds is 6. The Balaban J connectivity index is 1.47. The van der Waals surface area contributed by atoms with E-state index in [1.54, 1.807) is 11.8 Å². The predicted molar refractivity (Wildman–Crippen MR) is 124 cm³/mol. The van der Waals surface area contributed by atoms with Crippen LogP contribution in [0.1, 0.15) is 12.8 Å². The molecule has 0 saturated carbocycles. The monoisotopic (exact) mass is 470 g/mol. The molecule has 1 fully saturated rings. The zero-order valence-corrected chi connectivity index (χ0v) is 18.9. The van der Waals surface area contributed by atoms with Crippen LogP contribution in [0.4, 0.5) is 10.1 Å². The van der Waals surface area contributed by atoms with Gasteiger partial charge in [-0.1, -0.05) is 42.1 Å². The summed E-state index contributed by atoms with van der Waals surface area (Å²) < 4.78 is 40.4. The fourth-order valence-corrected chi connectivity index (χ4v) is 6.09. The van der Waals surface area contributed by atoms with Gasteiger partial charge >= 0.3 is 0 Å². The van der Waals surface area contributed by atoms with Gasteiger partial charge in [-0.25, -0.2) is 12.8 Å². The Hall–Kier alpha value is -2.68. The Morgan fingerprint density at radius 1 is 0.969 bits per heavy atom. The van der Waals surface area contributed by atoms with Crippen LogP contribution >= 0.6 is 11.8 Å². The lowest BCUT2D eigenvalue weighted by molar-refractivity contribution is -0.120. The molecule has 166 valence electrons. The second kappa shape index (κ2) is 9.85. The molecule has 1 atom stereocenters. The van der Waals surface area contributed by atoms with Gasteiger partial charge in [0.25, 0.3) is 0 Å². The van der Waals surface area contributed by atoms with Crippen LogP contribution in [0.3, 0.4) is 0 Å². The first-order valence-corrected chi connectivity index (χ1v) is 12.6. The van der Waals surface area contributed by atoms with Gasteiger partial charge in [-0.05, 0) is 61.4 Å². The molecule has 1 amide bonds. The molecule has 0 unspecified atom stereocenters. The molecule has 1 aliphatic rings. The van der Waals surface area contributed by atoms with E-state index in [1.165, 1.54) is 16.4 Å². The van der Waals surface area contributed by atoms with E-state index in [-0.39, 0.29) is 17.3 Å². The normalized spacial score (nSPS) is 17.1. The van der Waals surface area contributed by atoms with Crippen molar-refractivity contribution in [1.82, 2.24) is 4.31 Å². The number of halogens is 1. The van der Waals surface area contributed by atoms with Gasteiger partial charge in [-0.2, -0.15) is 4.31 Å². The maximum atomic E-state index is 13.2. The number of para-hydroxylation sites is 1. The Kier molecular flexibility index (Phi) is 6.93. The number of amides is 1. The maximum absolute atomic E-state index is 13.2. The van der Waals surface area contributed by atoms with Crippen LogP contribution in [-0.2, 0) is 14.8 Å². The molecule has 5 nitrogen and oxygen atoms in total. The van der Waals surface area contributed by atoms with Gasteiger partial charge in [0.05, 0.1) is 16.5 Å². The lowest BCUT2D eigenvalue weighted by Gasteiger charge is -2.31. The average Bonchev–Trinajstić information content (AvgIpc) is 2.81. The molecule has 0 aromatic heterocycles. The van der Waals surface area contributed by atoms with Crippen molar-refractivity contribution in [3.63, 3.8) is 0 Å². The van der Waals surface area contributed by atoms with E-state index in [2.05, 4.69) is 5.32 Å². The zero-order chi connectivity index (χ0) is 22.6. The highest BCUT2D eigenvalue weighted by Gasteiger charge is 2.33. The molecule has 8 heteroatoms. The minimum Gasteiger partial charge on any atom is -0.325 e. The molecule has 0 radical (unpaired) electrons. The number of nitrogens with one attached hydrogen (secondary N) is 1. The Morgan fingerprint density at radius 2 is 1.66 bits per heavy atom. The number of piperidine rings is 1. The van der Waals surface area contributed by atoms with Crippen molar-refractivity contribution < 1.29 is 17.6 Å². The van der Waals surface area contributed by atoms with Crippen LogP contribution in [0.25, 0.3) is 0 Å². The minimum absolute atomic E-state index is 0.0320. The summed E-state index contributed by atoms with van der Waals surface area (Å²) in [5.41, 5.74) is 0.699. The van der Waals surface area contributed by atoms with Gasteiger partial charge in [0.2, 0.25) is 15.9 Å². The highest BCUT2D eigenvalue weighted by molar-refractivity contribution is 7.99. The molecule has 0 aliphatic carbocycles. The van der Waals surface area contributed by atoms with Crippen molar-refractivity contribution in [2.45, 2.75) is 27.5 Å². The van der Waals surface area contributed by atoms with E-state index < -0.39 is 21.8 Å². The molecule has 32 heavy (non-hydrogen) atoms. The second-order valence-electron chi connectivity index (χ2n) is 7.56. The van der Waals surface area contributed by atoms with Gasteiger partial charge in [-0.3, -0.25) is 4.79 Å². The quantitative estimate of drug-likeness (QED) is 0.550. The molecule has 1 aliphatic heterocycles. The third-order valence-corrected chi connectivity index (χ3v) is 8.29. The van der Waals surface area contributed by atoms with Gasteiger partial charge < -0.3 is 5.32 Å². The first-order valence-electron chi connectivity index (χ1n) is 10.3. The van der Waals surface area contributed by atoms with Crippen LogP contribution in [0.15, 0.2) is 93.5 Å². The molecular formula is C24H23FN2O3S2. The third kappa shape index (κ3) is 5.20. The van der Waals surface area contributed by atoms with Crippen LogP contribution in [0.2, 0.25) is 0 Å². The number of carbonyl (C=O) groups excluding carboxylic acids is 1. The summed E-state index contributed by atoms with van der Waals surface area (Å²) in [4.78, 5) is 15.0.